The summed E-state index contributed by atoms with van der Waals surface area (Å²) in [5, 5.41) is 9.73. The summed E-state index contributed by atoms with van der Waals surface area (Å²) in [6.07, 6.45) is 5.25. The van der Waals surface area contributed by atoms with Gasteiger partial charge in [0.05, 0.1) is 30.1 Å². The number of hydrogen-bond donors (Lipinski definition) is 1. The molecule has 35 heavy (non-hydrogen) atoms. The molecule has 0 amide bonds. The fourth-order valence-electron chi connectivity index (χ4n) is 4.44. The first kappa shape index (κ1) is 21.4. The maximum atomic E-state index is 14.1. The molecule has 1 saturated heterocycles. The number of imidazole rings is 1. The van der Waals surface area contributed by atoms with E-state index >= 15 is 0 Å². The minimum atomic E-state index is -0.568. The second-order valence-electron chi connectivity index (χ2n) is 8.59. The number of nitrogens with two attached hydrogens (primary N) is 1. The highest BCUT2D eigenvalue weighted by molar-refractivity contribution is 5.90. The van der Waals surface area contributed by atoms with E-state index in [4.69, 9.17) is 5.73 Å². The van der Waals surface area contributed by atoms with Crippen LogP contribution in [0.5, 0.6) is 0 Å². The fourth-order valence-corrected chi connectivity index (χ4v) is 4.44. The standard InChI is InChI=1S/C22H23F2N11/c1-31-12-17(26-13-31)19-28-21-15-11-27-34(20(15)29-22(25)35(21)30-19)9-6-32-4-7-33(8-5-32)18-3-2-14(23)10-16(18)24/h2-3,10-13H,4-9H2,1H3,(H2,25,29). The van der Waals surface area contributed by atoms with Crippen molar-refractivity contribution in [1.29, 1.82) is 0 Å². The van der Waals surface area contributed by atoms with Crippen molar-refractivity contribution in [3.8, 4) is 11.5 Å². The van der Waals surface area contributed by atoms with Gasteiger partial charge in [-0.2, -0.15) is 14.6 Å². The van der Waals surface area contributed by atoms with Crippen LogP contribution in [-0.4, -0.2) is 76.5 Å². The van der Waals surface area contributed by atoms with Gasteiger partial charge in [0.2, 0.25) is 11.8 Å². The minimum Gasteiger partial charge on any atom is -0.368 e. The lowest BCUT2D eigenvalue weighted by Crippen LogP contribution is -2.47. The normalized spacial score (nSPS) is 15.0. The molecule has 0 radical (unpaired) electrons. The van der Waals surface area contributed by atoms with Crippen molar-refractivity contribution in [1.82, 2.24) is 43.8 Å². The number of hydrogen-bond acceptors (Lipinski definition) is 8. The zero-order valence-electron chi connectivity index (χ0n) is 19.0. The molecule has 5 aromatic rings. The van der Waals surface area contributed by atoms with Gasteiger partial charge < -0.3 is 15.2 Å². The van der Waals surface area contributed by atoms with E-state index in [0.717, 1.165) is 31.1 Å². The third kappa shape index (κ3) is 3.83. The van der Waals surface area contributed by atoms with Crippen molar-refractivity contribution in [3.05, 3.63) is 48.6 Å². The second-order valence-corrected chi connectivity index (χ2v) is 8.59. The Morgan fingerprint density at radius 3 is 2.60 bits per heavy atom. The summed E-state index contributed by atoms with van der Waals surface area (Å²) in [7, 11) is 1.88. The van der Waals surface area contributed by atoms with E-state index in [0.29, 0.717) is 48.1 Å². The Kier molecular flexibility index (Phi) is 5.06. The van der Waals surface area contributed by atoms with Crippen LogP contribution in [0.15, 0.2) is 36.9 Å². The largest absolute Gasteiger partial charge is 0.368 e. The summed E-state index contributed by atoms with van der Waals surface area (Å²) in [5.74, 6) is -0.410. The smallest absolute Gasteiger partial charge is 0.225 e. The zero-order chi connectivity index (χ0) is 24.1. The van der Waals surface area contributed by atoms with Crippen molar-refractivity contribution in [2.45, 2.75) is 6.54 Å². The molecular weight excluding hydrogens is 456 g/mol. The SMILES string of the molecule is Cn1cnc(-c2nc3c4cnn(CCN5CCN(c6ccc(F)cc6F)CC5)c4nc(N)n3n2)c1. The number of halogens is 2. The highest BCUT2D eigenvalue weighted by Crippen LogP contribution is 2.23. The van der Waals surface area contributed by atoms with Gasteiger partial charge in [-0.1, -0.05) is 0 Å². The maximum Gasteiger partial charge on any atom is 0.225 e. The minimum absolute atomic E-state index is 0.221. The number of nitrogen functional groups attached to an aromatic ring is 1. The van der Waals surface area contributed by atoms with Crippen LogP contribution in [-0.2, 0) is 13.6 Å². The highest BCUT2D eigenvalue weighted by atomic mass is 19.1. The highest BCUT2D eigenvalue weighted by Gasteiger charge is 2.21. The van der Waals surface area contributed by atoms with Gasteiger partial charge in [0, 0.05) is 52.0 Å². The summed E-state index contributed by atoms with van der Waals surface area (Å²) < 4.78 is 32.5. The molecule has 13 heteroatoms. The molecule has 1 aliphatic rings. The Hall–Kier alpha value is -4.13. The number of anilines is 2. The summed E-state index contributed by atoms with van der Waals surface area (Å²) >= 11 is 0. The quantitative estimate of drug-likeness (QED) is 0.404. The predicted octanol–water partition coefficient (Wildman–Crippen LogP) is 1.56. The molecule has 180 valence electrons. The molecule has 0 bridgehead atoms. The molecule has 2 N–H and O–H groups in total. The van der Waals surface area contributed by atoms with Crippen molar-refractivity contribution < 1.29 is 8.78 Å². The lowest BCUT2D eigenvalue weighted by Gasteiger charge is -2.36. The number of piperazine rings is 1. The van der Waals surface area contributed by atoms with Gasteiger partial charge in [-0.25, -0.2) is 23.4 Å². The average molecular weight is 479 g/mol. The van der Waals surface area contributed by atoms with E-state index < -0.39 is 11.6 Å². The van der Waals surface area contributed by atoms with Crippen LogP contribution in [0.4, 0.5) is 20.4 Å². The first-order valence-corrected chi connectivity index (χ1v) is 11.2. The lowest BCUT2D eigenvalue weighted by molar-refractivity contribution is 0.245. The molecule has 6 rings (SSSR count). The predicted molar refractivity (Wildman–Crippen MR) is 126 cm³/mol. The van der Waals surface area contributed by atoms with E-state index in [1.807, 2.05) is 27.4 Å². The summed E-state index contributed by atoms with van der Waals surface area (Å²) in [5.41, 5.74) is 8.49. The Labute approximate surface area is 198 Å². The number of aromatic nitrogens is 8. The Morgan fingerprint density at radius 2 is 1.86 bits per heavy atom. The molecule has 1 aliphatic heterocycles. The molecule has 0 spiro atoms. The molecule has 0 atom stereocenters. The molecule has 0 aliphatic carbocycles. The van der Waals surface area contributed by atoms with Crippen LogP contribution in [0.3, 0.4) is 0 Å². The molecule has 1 fully saturated rings. The van der Waals surface area contributed by atoms with Gasteiger partial charge >= 0.3 is 0 Å². The van der Waals surface area contributed by atoms with E-state index in [9.17, 15) is 8.78 Å². The third-order valence-corrected chi connectivity index (χ3v) is 6.28. The molecule has 0 saturated carbocycles. The molecular formula is C22H23F2N11. The van der Waals surface area contributed by atoms with Gasteiger partial charge in [0.25, 0.3) is 0 Å². The zero-order valence-corrected chi connectivity index (χ0v) is 19.0. The average Bonchev–Trinajstić information content (AvgIpc) is 3.56. The Morgan fingerprint density at radius 1 is 1.03 bits per heavy atom. The van der Waals surface area contributed by atoms with Crippen LogP contribution in [0, 0.1) is 11.6 Å². The topological polar surface area (TPSA) is 111 Å². The van der Waals surface area contributed by atoms with Gasteiger partial charge in [0.1, 0.15) is 17.3 Å². The first-order chi connectivity index (χ1) is 17.0. The number of benzene rings is 1. The summed E-state index contributed by atoms with van der Waals surface area (Å²) in [4.78, 5) is 17.7. The third-order valence-electron chi connectivity index (χ3n) is 6.28. The number of aryl methyl sites for hydroxylation is 1. The van der Waals surface area contributed by atoms with Crippen LogP contribution in [0.1, 0.15) is 0 Å². The van der Waals surface area contributed by atoms with E-state index in [1.54, 1.807) is 12.5 Å². The lowest BCUT2D eigenvalue weighted by atomic mass is 10.2. The molecule has 0 unspecified atom stereocenters. The van der Waals surface area contributed by atoms with E-state index in [2.05, 4.69) is 30.0 Å². The number of nitrogens with zero attached hydrogens (tertiary/aromatic N) is 10. The van der Waals surface area contributed by atoms with Gasteiger partial charge in [-0.3, -0.25) is 4.90 Å². The van der Waals surface area contributed by atoms with Crippen molar-refractivity contribution in [2.24, 2.45) is 7.05 Å². The summed E-state index contributed by atoms with van der Waals surface area (Å²) in [6.45, 7) is 4.18. The molecule has 11 nitrogen and oxygen atoms in total. The Balaban J connectivity index is 1.17. The Bertz CT molecular complexity index is 1530. The van der Waals surface area contributed by atoms with Crippen LogP contribution < -0.4 is 10.6 Å². The number of rotatable bonds is 5. The first-order valence-electron chi connectivity index (χ1n) is 11.2. The molecule has 1 aromatic carbocycles. The molecule has 5 heterocycles. The van der Waals surface area contributed by atoms with Gasteiger partial charge in [-0.05, 0) is 12.1 Å². The monoisotopic (exact) mass is 479 g/mol. The van der Waals surface area contributed by atoms with Crippen molar-refractivity contribution >= 4 is 28.3 Å². The van der Waals surface area contributed by atoms with Crippen LogP contribution in [0.25, 0.3) is 28.2 Å². The van der Waals surface area contributed by atoms with E-state index in [1.165, 1.54) is 16.6 Å². The van der Waals surface area contributed by atoms with E-state index in [-0.39, 0.29) is 5.95 Å². The van der Waals surface area contributed by atoms with Crippen molar-refractivity contribution in [3.63, 3.8) is 0 Å². The van der Waals surface area contributed by atoms with Crippen molar-refractivity contribution in [2.75, 3.05) is 43.4 Å². The van der Waals surface area contributed by atoms with Gasteiger partial charge in [-0.15, -0.1) is 5.10 Å². The summed E-state index contributed by atoms with van der Waals surface area (Å²) in [6, 6.07) is 3.71. The van der Waals surface area contributed by atoms with Crippen LogP contribution >= 0.6 is 0 Å². The second kappa shape index (κ2) is 8.27. The fraction of sp³-hybridized carbons (Fsp3) is 0.318. The molecule has 4 aromatic heterocycles. The van der Waals surface area contributed by atoms with Gasteiger partial charge in [0.15, 0.2) is 11.3 Å². The maximum absolute atomic E-state index is 14.1. The number of fused-ring (bicyclic) bond motifs is 3. The van der Waals surface area contributed by atoms with Crippen LogP contribution in [0.2, 0.25) is 0 Å².